The molecule has 5 nitrogen and oxygen atoms in total. The zero-order valence-electron chi connectivity index (χ0n) is 18.1. The minimum Gasteiger partial charge on any atom is -0.361 e. The molecule has 0 fully saturated rings. The molecular weight excluding hydrogens is 434 g/mol. The van der Waals surface area contributed by atoms with E-state index in [1.807, 2.05) is 48.7 Å². The summed E-state index contributed by atoms with van der Waals surface area (Å²) in [5.41, 5.74) is 4.80. The normalized spacial score (nSPS) is 15.3. The Bertz CT molecular complexity index is 1330. The number of fused-ring (bicyclic) bond motifs is 2. The summed E-state index contributed by atoms with van der Waals surface area (Å²) in [6.07, 6.45) is 3.17. The molecule has 2 N–H and O–H groups in total. The van der Waals surface area contributed by atoms with E-state index in [4.69, 9.17) is 11.6 Å². The molecule has 1 aliphatic heterocycles. The van der Waals surface area contributed by atoms with Crippen molar-refractivity contribution in [3.8, 4) is 0 Å². The molecule has 1 unspecified atom stereocenters. The summed E-state index contributed by atoms with van der Waals surface area (Å²) in [6.45, 7) is 0.869. The summed E-state index contributed by atoms with van der Waals surface area (Å²) in [6, 6.07) is 22.5. The van der Waals surface area contributed by atoms with Gasteiger partial charge in [0.25, 0.3) is 5.91 Å². The maximum absolute atomic E-state index is 13.4. The molecule has 0 radical (unpaired) electrons. The lowest BCUT2D eigenvalue weighted by atomic mass is 9.92. The molecule has 33 heavy (non-hydrogen) atoms. The molecule has 3 aromatic carbocycles. The Morgan fingerprint density at radius 1 is 0.970 bits per heavy atom. The second kappa shape index (κ2) is 9.12. The van der Waals surface area contributed by atoms with Gasteiger partial charge in [-0.25, -0.2) is 0 Å². The van der Waals surface area contributed by atoms with E-state index < -0.39 is 6.04 Å². The largest absolute Gasteiger partial charge is 0.361 e. The van der Waals surface area contributed by atoms with Gasteiger partial charge in [-0.15, -0.1) is 0 Å². The number of rotatable bonds is 5. The third-order valence-electron chi connectivity index (χ3n) is 6.28. The molecule has 2 heterocycles. The Balaban J connectivity index is 1.35. The van der Waals surface area contributed by atoms with Gasteiger partial charge in [0.05, 0.1) is 10.6 Å². The van der Waals surface area contributed by atoms with Gasteiger partial charge in [0.15, 0.2) is 0 Å². The van der Waals surface area contributed by atoms with Gasteiger partial charge >= 0.3 is 0 Å². The lowest BCUT2D eigenvalue weighted by Crippen LogP contribution is -2.52. The molecule has 0 saturated heterocycles. The Morgan fingerprint density at radius 2 is 1.70 bits per heavy atom. The van der Waals surface area contributed by atoms with Crippen molar-refractivity contribution in [2.45, 2.75) is 25.4 Å². The van der Waals surface area contributed by atoms with Crippen LogP contribution >= 0.6 is 11.6 Å². The number of H-pyrrole nitrogens is 1. The van der Waals surface area contributed by atoms with E-state index in [9.17, 15) is 9.59 Å². The van der Waals surface area contributed by atoms with E-state index in [0.717, 1.165) is 27.6 Å². The topological polar surface area (TPSA) is 65.2 Å². The second-order valence-corrected chi connectivity index (χ2v) is 8.71. The summed E-state index contributed by atoms with van der Waals surface area (Å²) in [4.78, 5) is 31.6. The van der Waals surface area contributed by atoms with Gasteiger partial charge in [0.1, 0.15) is 6.04 Å². The molecule has 4 aromatic rings. The number of halogens is 1. The number of carbonyl (C=O) groups is 2. The average Bonchev–Trinajstić information content (AvgIpc) is 3.26. The predicted octanol–water partition coefficient (Wildman–Crippen LogP) is 4.75. The maximum atomic E-state index is 13.4. The molecule has 1 aromatic heterocycles. The minimum absolute atomic E-state index is 0.148. The number of carbonyl (C=O) groups excluding carboxylic acids is 2. The fourth-order valence-corrected chi connectivity index (χ4v) is 4.75. The Hall–Kier alpha value is -3.57. The van der Waals surface area contributed by atoms with Crippen LogP contribution in [0, 0.1) is 0 Å². The molecule has 5 rings (SSSR count). The number of amides is 2. The first-order valence-electron chi connectivity index (χ1n) is 11.1. The first kappa shape index (κ1) is 21.3. The highest BCUT2D eigenvalue weighted by Crippen LogP contribution is 2.27. The lowest BCUT2D eigenvalue weighted by molar-refractivity contribution is -0.126. The van der Waals surface area contributed by atoms with Crippen LogP contribution in [0.3, 0.4) is 0 Å². The van der Waals surface area contributed by atoms with E-state index in [1.165, 1.54) is 0 Å². The van der Waals surface area contributed by atoms with Crippen LogP contribution in [0.1, 0.15) is 27.0 Å². The van der Waals surface area contributed by atoms with Gasteiger partial charge in [-0.05, 0) is 41.3 Å². The van der Waals surface area contributed by atoms with Crippen LogP contribution in [-0.4, -0.2) is 34.3 Å². The standard InChI is InChI=1S/C27H24ClN3O2/c28-23-11-5-3-10-22(23)27(33)31-17-20-8-2-1-7-18(20)15-25(31)26(32)29-14-13-19-16-30-24-12-6-4-9-21(19)24/h1-12,16,25,30H,13-15,17H2,(H,29,32). The van der Waals surface area contributed by atoms with Crippen molar-refractivity contribution in [2.75, 3.05) is 6.54 Å². The number of hydrogen-bond acceptors (Lipinski definition) is 2. The van der Waals surface area contributed by atoms with Crippen molar-refractivity contribution < 1.29 is 9.59 Å². The molecule has 0 bridgehead atoms. The monoisotopic (exact) mass is 457 g/mol. The summed E-state index contributed by atoms with van der Waals surface area (Å²) < 4.78 is 0. The van der Waals surface area contributed by atoms with Crippen molar-refractivity contribution >= 4 is 34.3 Å². The van der Waals surface area contributed by atoms with Crippen LogP contribution in [0.4, 0.5) is 0 Å². The van der Waals surface area contributed by atoms with E-state index in [-0.39, 0.29) is 11.8 Å². The van der Waals surface area contributed by atoms with Gasteiger partial charge in [0, 0.05) is 36.6 Å². The highest BCUT2D eigenvalue weighted by Gasteiger charge is 2.35. The van der Waals surface area contributed by atoms with Crippen LogP contribution in [0.25, 0.3) is 10.9 Å². The Labute approximate surface area is 197 Å². The van der Waals surface area contributed by atoms with Gasteiger partial charge in [-0.3, -0.25) is 9.59 Å². The van der Waals surface area contributed by atoms with Crippen LogP contribution < -0.4 is 5.32 Å². The number of hydrogen-bond donors (Lipinski definition) is 2. The first-order chi connectivity index (χ1) is 16.1. The number of para-hydroxylation sites is 1. The number of benzene rings is 3. The molecular formula is C27H24ClN3O2. The van der Waals surface area contributed by atoms with Crippen molar-refractivity contribution in [1.29, 1.82) is 0 Å². The number of aromatic nitrogens is 1. The van der Waals surface area contributed by atoms with Gasteiger partial charge in [-0.2, -0.15) is 0 Å². The summed E-state index contributed by atoms with van der Waals surface area (Å²) in [5, 5.41) is 4.61. The molecule has 166 valence electrons. The van der Waals surface area contributed by atoms with Crippen LogP contribution in [0.2, 0.25) is 5.02 Å². The number of nitrogens with one attached hydrogen (secondary N) is 2. The molecule has 0 aliphatic carbocycles. The number of aromatic amines is 1. The SMILES string of the molecule is O=C(NCCc1c[nH]c2ccccc12)C1Cc2ccccc2CN1C(=O)c1ccccc1Cl. The summed E-state index contributed by atoms with van der Waals surface area (Å²) in [7, 11) is 0. The Morgan fingerprint density at radius 3 is 2.55 bits per heavy atom. The zero-order chi connectivity index (χ0) is 22.8. The fraction of sp³-hybridized carbons (Fsp3) is 0.185. The van der Waals surface area contributed by atoms with Crippen LogP contribution in [0.5, 0.6) is 0 Å². The first-order valence-corrected chi connectivity index (χ1v) is 11.4. The van der Waals surface area contributed by atoms with Crippen molar-refractivity contribution in [3.63, 3.8) is 0 Å². The van der Waals surface area contributed by atoms with Crippen molar-refractivity contribution in [2.24, 2.45) is 0 Å². The highest BCUT2D eigenvalue weighted by molar-refractivity contribution is 6.33. The molecule has 6 heteroatoms. The van der Waals surface area contributed by atoms with Crippen LogP contribution in [0.15, 0.2) is 79.0 Å². The van der Waals surface area contributed by atoms with Crippen molar-refractivity contribution in [1.82, 2.24) is 15.2 Å². The van der Waals surface area contributed by atoms with Crippen LogP contribution in [-0.2, 0) is 24.2 Å². The summed E-state index contributed by atoms with van der Waals surface area (Å²) >= 11 is 6.30. The van der Waals surface area contributed by atoms with E-state index in [2.05, 4.69) is 16.4 Å². The summed E-state index contributed by atoms with van der Waals surface area (Å²) in [5.74, 6) is -0.378. The van der Waals surface area contributed by atoms with Gasteiger partial charge < -0.3 is 15.2 Å². The van der Waals surface area contributed by atoms with E-state index >= 15 is 0 Å². The van der Waals surface area contributed by atoms with E-state index in [0.29, 0.717) is 36.5 Å². The number of nitrogens with zero attached hydrogens (tertiary/aromatic N) is 1. The van der Waals surface area contributed by atoms with E-state index in [1.54, 1.807) is 29.2 Å². The highest BCUT2D eigenvalue weighted by atomic mass is 35.5. The Kier molecular flexibility index (Phi) is 5.88. The second-order valence-electron chi connectivity index (χ2n) is 8.30. The quantitative estimate of drug-likeness (QED) is 0.454. The minimum atomic E-state index is -0.591. The third-order valence-corrected chi connectivity index (χ3v) is 6.61. The lowest BCUT2D eigenvalue weighted by Gasteiger charge is -2.36. The average molecular weight is 458 g/mol. The third kappa shape index (κ3) is 4.24. The molecule has 0 saturated carbocycles. The molecule has 2 amide bonds. The fourth-order valence-electron chi connectivity index (χ4n) is 4.54. The maximum Gasteiger partial charge on any atom is 0.256 e. The molecule has 1 aliphatic rings. The van der Waals surface area contributed by atoms with Crippen molar-refractivity contribution in [3.05, 3.63) is 106 Å². The molecule has 0 spiro atoms. The van der Waals surface area contributed by atoms with Gasteiger partial charge in [-0.1, -0.05) is 66.2 Å². The zero-order valence-corrected chi connectivity index (χ0v) is 18.8. The molecule has 1 atom stereocenters. The van der Waals surface area contributed by atoms with Gasteiger partial charge in [0.2, 0.25) is 5.91 Å². The predicted molar refractivity (Wildman–Crippen MR) is 130 cm³/mol. The smallest absolute Gasteiger partial charge is 0.256 e.